The maximum Gasteiger partial charge on any atom is 0.322 e. The van der Waals surface area contributed by atoms with Gasteiger partial charge in [-0.2, -0.15) is 0 Å². The second kappa shape index (κ2) is 13.3. The minimum absolute atomic E-state index is 0.146. The number of hydrogen-bond acceptors (Lipinski definition) is 7. The molecule has 1 N–H and O–H groups in total. The Balaban J connectivity index is 1.33. The topological polar surface area (TPSA) is 96.7 Å². The molecule has 0 radical (unpaired) electrons. The van der Waals surface area contributed by atoms with E-state index in [9.17, 15) is 9.59 Å². The van der Waals surface area contributed by atoms with Crippen LogP contribution < -0.4 is 14.8 Å². The summed E-state index contributed by atoms with van der Waals surface area (Å²) in [5, 5.41) is 3.59. The van der Waals surface area contributed by atoms with Gasteiger partial charge < -0.3 is 33.7 Å². The summed E-state index contributed by atoms with van der Waals surface area (Å²) in [6.07, 6.45) is 1.57. The molecule has 0 unspecified atom stereocenters. The van der Waals surface area contributed by atoms with Gasteiger partial charge in [0, 0.05) is 37.7 Å². The van der Waals surface area contributed by atoms with Gasteiger partial charge in [-0.3, -0.25) is 9.69 Å². The number of furan rings is 1. The van der Waals surface area contributed by atoms with Crippen LogP contribution >= 0.6 is 23.2 Å². The minimum Gasteiger partial charge on any atom is -0.467 e. The summed E-state index contributed by atoms with van der Waals surface area (Å²) in [4.78, 5) is 32.6. The highest BCUT2D eigenvalue weighted by Gasteiger charge is 2.25. The van der Waals surface area contributed by atoms with E-state index in [-0.39, 0.29) is 32.3 Å². The van der Waals surface area contributed by atoms with Crippen molar-refractivity contribution in [1.82, 2.24) is 14.7 Å². The second-order valence-electron chi connectivity index (χ2n) is 9.45. The quantitative estimate of drug-likeness (QED) is 0.366. The number of halogens is 2. The Labute approximate surface area is 242 Å². The van der Waals surface area contributed by atoms with Crippen LogP contribution in [0.1, 0.15) is 11.3 Å². The number of nitrogens with zero attached hydrogens (tertiary/aromatic N) is 3. The Hall–Kier alpha value is -3.44. The third-order valence-electron chi connectivity index (χ3n) is 6.67. The van der Waals surface area contributed by atoms with Crippen LogP contribution in [0.2, 0.25) is 10.0 Å². The first-order valence-corrected chi connectivity index (χ1v) is 13.7. The van der Waals surface area contributed by atoms with Crippen LogP contribution in [-0.4, -0.2) is 79.4 Å². The number of benzene rings is 2. The van der Waals surface area contributed by atoms with Crippen LogP contribution in [0.5, 0.6) is 11.5 Å². The summed E-state index contributed by atoms with van der Waals surface area (Å²) in [6.45, 7) is 4.28. The van der Waals surface area contributed by atoms with E-state index in [1.54, 1.807) is 35.4 Å². The third kappa shape index (κ3) is 7.39. The molecule has 0 saturated carbocycles. The first-order valence-electron chi connectivity index (χ1n) is 12.9. The zero-order valence-electron chi connectivity index (χ0n) is 21.8. The average Bonchev–Trinajstić information content (AvgIpc) is 3.64. The van der Waals surface area contributed by atoms with Crippen LogP contribution in [0, 0.1) is 0 Å². The maximum absolute atomic E-state index is 13.8. The lowest BCUT2D eigenvalue weighted by molar-refractivity contribution is -0.133. The molecular formula is C28H30Cl2N4O6. The molecule has 1 saturated heterocycles. The predicted molar refractivity (Wildman–Crippen MR) is 150 cm³/mol. The number of urea groups is 1. The summed E-state index contributed by atoms with van der Waals surface area (Å²) in [6, 6.07) is 13.5. The van der Waals surface area contributed by atoms with E-state index in [0.717, 1.165) is 18.7 Å². The van der Waals surface area contributed by atoms with Gasteiger partial charge in [0.25, 0.3) is 0 Å². The predicted octanol–water partition coefficient (Wildman–Crippen LogP) is 4.71. The highest BCUT2D eigenvalue weighted by Crippen LogP contribution is 2.33. The molecule has 212 valence electrons. The summed E-state index contributed by atoms with van der Waals surface area (Å²) >= 11 is 12.3. The van der Waals surface area contributed by atoms with Gasteiger partial charge in [0.2, 0.25) is 12.7 Å². The minimum atomic E-state index is -0.438. The first kappa shape index (κ1) is 28.1. The van der Waals surface area contributed by atoms with Gasteiger partial charge in [0.1, 0.15) is 12.3 Å². The molecule has 2 aromatic carbocycles. The van der Waals surface area contributed by atoms with E-state index in [4.69, 9.17) is 41.8 Å². The molecule has 10 nitrogen and oxygen atoms in total. The molecule has 3 aromatic rings. The summed E-state index contributed by atoms with van der Waals surface area (Å²) in [7, 11) is 0. The van der Waals surface area contributed by atoms with E-state index in [0.29, 0.717) is 59.3 Å². The highest BCUT2D eigenvalue weighted by atomic mass is 35.5. The van der Waals surface area contributed by atoms with Crippen molar-refractivity contribution in [1.29, 1.82) is 0 Å². The van der Waals surface area contributed by atoms with E-state index in [2.05, 4.69) is 10.2 Å². The van der Waals surface area contributed by atoms with Crippen molar-refractivity contribution >= 4 is 40.8 Å². The second-order valence-corrected chi connectivity index (χ2v) is 10.3. The Kier molecular flexibility index (Phi) is 9.33. The Morgan fingerprint density at radius 3 is 2.55 bits per heavy atom. The SMILES string of the molecule is O=C(CN(CCN1CCOCC1)C(=O)Nc1ccc(Cl)cc1Cl)N(Cc1ccc2c(c1)OCO2)Cc1ccco1. The summed E-state index contributed by atoms with van der Waals surface area (Å²) in [5.74, 6) is 1.69. The standard InChI is InChI=1S/C28H30Cl2N4O6/c29-21-4-5-24(23(30)15-21)31-28(36)33(8-7-32-9-12-37-13-10-32)18-27(35)34(17-22-2-1-11-38-22)16-20-3-6-25-26(14-20)40-19-39-25/h1-6,11,14-15H,7-10,12-13,16-19H2,(H,31,36). The van der Waals surface area contributed by atoms with Crippen LogP contribution in [0.15, 0.2) is 59.2 Å². The van der Waals surface area contributed by atoms with E-state index in [1.807, 2.05) is 24.3 Å². The third-order valence-corrected chi connectivity index (χ3v) is 7.21. The van der Waals surface area contributed by atoms with Crippen LogP contribution in [0.4, 0.5) is 10.5 Å². The number of amides is 3. The van der Waals surface area contributed by atoms with Crippen molar-refractivity contribution in [3.8, 4) is 11.5 Å². The highest BCUT2D eigenvalue weighted by molar-refractivity contribution is 6.36. The molecule has 40 heavy (non-hydrogen) atoms. The number of morpholine rings is 1. The molecule has 1 fully saturated rings. The van der Waals surface area contributed by atoms with Gasteiger partial charge in [-0.05, 0) is 48.0 Å². The largest absolute Gasteiger partial charge is 0.467 e. The molecule has 3 heterocycles. The van der Waals surface area contributed by atoms with Gasteiger partial charge in [-0.25, -0.2) is 4.79 Å². The summed E-state index contributed by atoms with van der Waals surface area (Å²) in [5.41, 5.74) is 1.27. The molecule has 0 bridgehead atoms. The molecule has 2 aliphatic heterocycles. The molecule has 0 atom stereocenters. The fourth-order valence-corrected chi connectivity index (χ4v) is 4.93. The van der Waals surface area contributed by atoms with Crippen LogP contribution in [0.25, 0.3) is 0 Å². The van der Waals surface area contributed by atoms with Crippen molar-refractivity contribution in [2.75, 3.05) is 58.0 Å². The van der Waals surface area contributed by atoms with E-state index in [1.165, 1.54) is 4.90 Å². The number of anilines is 1. The van der Waals surface area contributed by atoms with Gasteiger partial charge in [-0.1, -0.05) is 29.3 Å². The first-order chi connectivity index (χ1) is 19.4. The van der Waals surface area contributed by atoms with Gasteiger partial charge >= 0.3 is 6.03 Å². The monoisotopic (exact) mass is 588 g/mol. The number of fused-ring (bicyclic) bond motifs is 1. The maximum atomic E-state index is 13.8. The molecule has 12 heteroatoms. The number of carbonyl (C=O) groups is 2. The fraction of sp³-hybridized carbons (Fsp3) is 0.357. The van der Waals surface area contributed by atoms with Crippen molar-refractivity contribution in [2.24, 2.45) is 0 Å². The summed E-state index contributed by atoms with van der Waals surface area (Å²) < 4.78 is 21.9. The van der Waals surface area contributed by atoms with Crippen LogP contribution in [-0.2, 0) is 22.6 Å². The van der Waals surface area contributed by atoms with Crippen molar-refractivity contribution in [3.05, 3.63) is 76.2 Å². The van der Waals surface area contributed by atoms with Crippen molar-refractivity contribution in [2.45, 2.75) is 13.1 Å². The molecule has 1 aromatic heterocycles. The Bertz CT molecular complexity index is 1320. The average molecular weight is 589 g/mol. The lowest BCUT2D eigenvalue weighted by Gasteiger charge is -2.31. The lowest BCUT2D eigenvalue weighted by atomic mass is 10.2. The van der Waals surface area contributed by atoms with Crippen LogP contribution in [0.3, 0.4) is 0 Å². The van der Waals surface area contributed by atoms with Gasteiger partial charge in [-0.15, -0.1) is 0 Å². The molecule has 5 rings (SSSR count). The fourth-order valence-electron chi connectivity index (χ4n) is 4.47. The zero-order chi connectivity index (χ0) is 27.9. The number of carbonyl (C=O) groups excluding carboxylic acids is 2. The Morgan fingerprint density at radius 2 is 1.77 bits per heavy atom. The van der Waals surface area contributed by atoms with Gasteiger partial charge in [0.15, 0.2) is 11.5 Å². The molecular weight excluding hydrogens is 559 g/mol. The number of nitrogens with one attached hydrogen (secondary N) is 1. The Morgan fingerprint density at radius 1 is 0.950 bits per heavy atom. The molecule has 0 aliphatic carbocycles. The lowest BCUT2D eigenvalue weighted by Crippen LogP contribution is -2.48. The number of rotatable bonds is 10. The molecule has 0 spiro atoms. The molecule has 2 aliphatic rings. The number of hydrogen-bond donors (Lipinski definition) is 1. The number of ether oxygens (including phenoxy) is 3. The van der Waals surface area contributed by atoms with Crippen molar-refractivity contribution < 1.29 is 28.2 Å². The van der Waals surface area contributed by atoms with E-state index >= 15 is 0 Å². The van der Waals surface area contributed by atoms with Crippen molar-refractivity contribution in [3.63, 3.8) is 0 Å². The van der Waals surface area contributed by atoms with Gasteiger partial charge in [0.05, 0.1) is 36.7 Å². The normalized spacial score (nSPS) is 14.7. The smallest absolute Gasteiger partial charge is 0.322 e. The zero-order valence-corrected chi connectivity index (χ0v) is 23.3. The molecule has 3 amide bonds. The van der Waals surface area contributed by atoms with E-state index < -0.39 is 6.03 Å².